The van der Waals surface area contributed by atoms with E-state index in [2.05, 4.69) is 4.90 Å². The first-order valence-electron chi connectivity index (χ1n) is 6.30. The molecule has 1 spiro atoms. The summed E-state index contributed by atoms with van der Waals surface area (Å²) in [4.78, 5) is 2.18. The summed E-state index contributed by atoms with van der Waals surface area (Å²) in [7, 11) is -1.36. The number of hydrogen-bond donors (Lipinski definition) is 0. The van der Waals surface area contributed by atoms with Crippen molar-refractivity contribution in [3.05, 3.63) is 35.6 Å². The van der Waals surface area contributed by atoms with Crippen LogP contribution in [0.15, 0.2) is 24.3 Å². The lowest BCUT2D eigenvalue weighted by Crippen LogP contribution is -2.71. The average molecular weight is 284 g/mol. The predicted octanol–water partition coefficient (Wildman–Crippen LogP) is 0.903. The normalized spacial score (nSPS) is 23.1. The Balaban J connectivity index is 1.67. The van der Waals surface area contributed by atoms with Crippen LogP contribution in [0.3, 0.4) is 0 Å². The van der Waals surface area contributed by atoms with E-state index in [-0.39, 0.29) is 16.7 Å². The van der Waals surface area contributed by atoms with Crippen LogP contribution in [0.1, 0.15) is 5.56 Å². The van der Waals surface area contributed by atoms with E-state index in [0.29, 0.717) is 13.1 Å². The van der Waals surface area contributed by atoms with Gasteiger partial charge in [0.2, 0.25) is 10.0 Å². The van der Waals surface area contributed by atoms with Crippen molar-refractivity contribution in [2.75, 3.05) is 33.2 Å². The van der Waals surface area contributed by atoms with Crippen LogP contribution in [-0.4, -0.2) is 50.8 Å². The summed E-state index contributed by atoms with van der Waals surface area (Å²) in [6.07, 6.45) is 0. The van der Waals surface area contributed by atoms with Crippen LogP contribution < -0.4 is 0 Å². The van der Waals surface area contributed by atoms with Crippen molar-refractivity contribution in [1.29, 1.82) is 0 Å². The smallest absolute Gasteiger partial charge is 0.218 e. The van der Waals surface area contributed by atoms with Crippen LogP contribution in [0.5, 0.6) is 0 Å². The Morgan fingerprint density at radius 3 is 2.42 bits per heavy atom. The minimum atomic E-state index is -3.39. The van der Waals surface area contributed by atoms with Crippen LogP contribution in [0.25, 0.3) is 0 Å². The lowest BCUT2D eigenvalue weighted by Gasteiger charge is -2.58. The number of rotatable bonds is 3. The molecule has 0 N–H and O–H groups in total. The molecule has 6 heteroatoms. The fourth-order valence-electron chi connectivity index (χ4n) is 3.10. The maximum Gasteiger partial charge on any atom is 0.218 e. The standard InChI is InChI=1S/C13H17FN2O2S/c1-15-7-13(8-15)9-16(10-13)19(17,18)6-11-4-2-3-5-12(11)14/h2-5H,6-10H2,1H3. The number of likely N-dealkylation sites (tertiary alicyclic amines) is 1. The van der Waals surface area contributed by atoms with Gasteiger partial charge < -0.3 is 4.90 Å². The van der Waals surface area contributed by atoms with E-state index in [9.17, 15) is 12.8 Å². The van der Waals surface area contributed by atoms with E-state index < -0.39 is 15.8 Å². The molecular weight excluding hydrogens is 267 g/mol. The van der Waals surface area contributed by atoms with E-state index in [1.807, 2.05) is 7.05 Å². The Morgan fingerprint density at radius 1 is 1.21 bits per heavy atom. The third-order valence-corrected chi connectivity index (χ3v) is 5.64. The summed E-state index contributed by atoms with van der Waals surface area (Å²) < 4.78 is 39.4. The molecule has 19 heavy (non-hydrogen) atoms. The molecule has 2 heterocycles. The monoisotopic (exact) mass is 284 g/mol. The molecule has 0 saturated carbocycles. The summed E-state index contributed by atoms with van der Waals surface area (Å²) in [6.45, 7) is 3.07. The second-order valence-corrected chi connectivity index (χ2v) is 7.76. The maximum absolute atomic E-state index is 13.5. The van der Waals surface area contributed by atoms with Crippen molar-refractivity contribution >= 4 is 10.0 Å². The summed E-state index contributed by atoms with van der Waals surface area (Å²) in [5, 5.41) is 0. The van der Waals surface area contributed by atoms with Crippen molar-refractivity contribution in [2.24, 2.45) is 5.41 Å². The summed E-state index contributed by atoms with van der Waals surface area (Å²) >= 11 is 0. The van der Waals surface area contributed by atoms with E-state index >= 15 is 0 Å². The number of benzene rings is 1. The molecule has 0 amide bonds. The molecule has 0 radical (unpaired) electrons. The molecule has 2 aliphatic heterocycles. The molecule has 0 atom stereocenters. The molecule has 0 aliphatic carbocycles. The summed E-state index contributed by atoms with van der Waals surface area (Å²) in [5.41, 5.74) is 0.408. The van der Waals surface area contributed by atoms with Gasteiger partial charge >= 0.3 is 0 Å². The molecule has 0 aromatic heterocycles. The molecule has 2 fully saturated rings. The zero-order chi connectivity index (χ0) is 13.7. The molecule has 2 saturated heterocycles. The van der Waals surface area contributed by atoms with Gasteiger partial charge in [-0.2, -0.15) is 0 Å². The van der Waals surface area contributed by atoms with Gasteiger partial charge in [-0.25, -0.2) is 17.1 Å². The Hall–Kier alpha value is -0.980. The average Bonchev–Trinajstić information content (AvgIpc) is 2.24. The highest BCUT2D eigenvalue weighted by molar-refractivity contribution is 7.88. The lowest BCUT2D eigenvalue weighted by atomic mass is 9.75. The lowest BCUT2D eigenvalue weighted by molar-refractivity contribution is -0.0673. The fraction of sp³-hybridized carbons (Fsp3) is 0.538. The van der Waals surface area contributed by atoms with Crippen LogP contribution in [-0.2, 0) is 15.8 Å². The van der Waals surface area contributed by atoms with Gasteiger partial charge in [-0.3, -0.25) is 0 Å². The van der Waals surface area contributed by atoms with Gasteiger partial charge in [0.15, 0.2) is 0 Å². The molecule has 4 nitrogen and oxygen atoms in total. The van der Waals surface area contributed by atoms with Crippen molar-refractivity contribution < 1.29 is 12.8 Å². The van der Waals surface area contributed by atoms with Gasteiger partial charge in [-0.1, -0.05) is 18.2 Å². The first-order chi connectivity index (χ1) is 8.90. The largest absolute Gasteiger partial charge is 0.305 e. The molecule has 2 aliphatic rings. The SMILES string of the molecule is CN1CC2(C1)CN(S(=O)(=O)Cc1ccccc1F)C2. The zero-order valence-electron chi connectivity index (χ0n) is 10.8. The van der Waals surface area contributed by atoms with Crippen LogP contribution in [0.4, 0.5) is 4.39 Å². The van der Waals surface area contributed by atoms with E-state index in [1.165, 1.54) is 16.4 Å². The number of hydrogen-bond acceptors (Lipinski definition) is 3. The molecular formula is C13H17FN2O2S. The van der Waals surface area contributed by atoms with Crippen LogP contribution in [0.2, 0.25) is 0 Å². The fourth-order valence-corrected chi connectivity index (χ4v) is 4.85. The molecule has 0 bridgehead atoms. The molecule has 1 aromatic rings. The highest BCUT2D eigenvalue weighted by atomic mass is 32.2. The minimum absolute atomic E-state index is 0.164. The second kappa shape index (κ2) is 4.26. The van der Waals surface area contributed by atoms with Gasteiger partial charge in [-0.05, 0) is 13.1 Å². The van der Waals surface area contributed by atoms with E-state index in [4.69, 9.17) is 0 Å². The van der Waals surface area contributed by atoms with Gasteiger partial charge in [-0.15, -0.1) is 0 Å². The van der Waals surface area contributed by atoms with Crippen LogP contribution in [0, 0.1) is 11.2 Å². The van der Waals surface area contributed by atoms with Crippen LogP contribution >= 0.6 is 0 Å². The van der Waals surface area contributed by atoms with Crippen molar-refractivity contribution in [3.8, 4) is 0 Å². The Bertz CT molecular complexity index is 588. The highest BCUT2D eigenvalue weighted by Gasteiger charge is 2.53. The van der Waals surface area contributed by atoms with E-state index in [0.717, 1.165) is 13.1 Å². The minimum Gasteiger partial charge on any atom is -0.305 e. The summed E-state index contributed by atoms with van der Waals surface area (Å²) in [5.74, 6) is -0.698. The van der Waals surface area contributed by atoms with Gasteiger partial charge in [0.05, 0.1) is 5.75 Å². The van der Waals surface area contributed by atoms with Crippen molar-refractivity contribution in [2.45, 2.75) is 5.75 Å². The highest BCUT2D eigenvalue weighted by Crippen LogP contribution is 2.40. The Labute approximate surface area is 112 Å². The molecule has 3 rings (SSSR count). The Kier molecular flexibility index (Phi) is 2.92. The first kappa shape index (κ1) is 13.0. The van der Waals surface area contributed by atoms with Gasteiger partial charge in [0.25, 0.3) is 0 Å². The third-order valence-electron chi connectivity index (χ3n) is 3.92. The number of halogens is 1. The first-order valence-corrected chi connectivity index (χ1v) is 7.91. The quantitative estimate of drug-likeness (QED) is 0.828. The maximum atomic E-state index is 13.5. The van der Waals surface area contributed by atoms with E-state index in [1.54, 1.807) is 12.1 Å². The van der Waals surface area contributed by atoms with Gasteiger partial charge in [0, 0.05) is 37.2 Å². The third kappa shape index (κ3) is 2.28. The zero-order valence-corrected chi connectivity index (χ0v) is 11.7. The summed E-state index contributed by atoms with van der Waals surface area (Å²) in [6, 6.07) is 6.05. The topological polar surface area (TPSA) is 40.6 Å². The van der Waals surface area contributed by atoms with Crippen molar-refractivity contribution in [1.82, 2.24) is 9.21 Å². The Morgan fingerprint density at radius 2 is 1.84 bits per heavy atom. The van der Waals surface area contributed by atoms with Crippen molar-refractivity contribution in [3.63, 3.8) is 0 Å². The number of nitrogens with zero attached hydrogens (tertiary/aromatic N) is 2. The molecule has 104 valence electrons. The molecule has 0 unspecified atom stereocenters. The number of sulfonamides is 1. The van der Waals surface area contributed by atoms with Gasteiger partial charge in [0.1, 0.15) is 5.82 Å². The molecule has 1 aromatic carbocycles. The predicted molar refractivity (Wildman–Crippen MR) is 70.5 cm³/mol. The second-order valence-electron chi connectivity index (χ2n) is 5.79.